The second kappa shape index (κ2) is 5.19. The number of carbonyl (C=O) groups is 1. The molecular weight excluding hydrogens is 282 g/mol. The van der Waals surface area contributed by atoms with Crippen molar-refractivity contribution in [3.05, 3.63) is 33.8 Å². The zero-order chi connectivity index (χ0) is 12.4. The zero-order valence-electron chi connectivity index (χ0n) is 10.00. The Balaban J connectivity index is 1.94. The Hall–Kier alpha value is -0.870. The summed E-state index contributed by atoms with van der Waals surface area (Å²) in [4.78, 5) is 11.9. The third-order valence-corrected chi connectivity index (χ3v) is 4.05. The van der Waals surface area contributed by atoms with E-state index in [1.165, 1.54) is 0 Å². The Morgan fingerprint density at radius 1 is 1.47 bits per heavy atom. The van der Waals surface area contributed by atoms with Crippen molar-refractivity contribution in [1.29, 1.82) is 0 Å². The Morgan fingerprint density at radius 3 is 2.76 bits per heavy atom. The van der Waals surface area contributed by atoms with E-state index in [0.717, 1.165) is 22.9 Å². The number of halogens is 1. The van der Waals surface area contributed by atoms with Crippen molar-refractivity contribution in [1.82, 2.24) is 5.32 Å². The van der Waals surface area contributed by atoms with E-state index in [0.29, 0.717) is 11.7 Å². The maximum Gasteiger partial charge on any atom is 0.251 e. The quantitative estimate of drug-likeness (QED) is 0.931. The standard InChI is InChI=1S/C13H16BrNO2/c1-8-3-4-9(5-12(8)14)13(16)15-10-6-11(7-10)17-2/h3-5,10-11H,6-7H2,1-2H3,(H,15,16). The van der Waals surface area contributed by atoms with Crippen LogP contribution in [0.1, 0.15) is 28.8 Å². The van der Waals surface area contributed by atoms with Gasteiger partial charge in [-0.05, 0) is 37.5 Å². The van der Waals surface area contributed by atoms with Gasteiger partial charge in [0.2, 0.25) is 0 Å². The highest BCUT2D eigenvalue weighted by Crippen LogP contribution is 2.23. The van der Waals surface area contributed by atoms with E-state index in [2.05, 4.69) is 21.2 Å². The molecule has 3 nitrogen and oxygen atoms in total. The summed E-state index contributed by atoms with van der Waals surface area (Å²) in [5.74, 6) is -0.00902. The van der Waals surface area contributed by atoms with E-state index in [-0.39, 0.29) is 11.9 Å². The predicted molar refractivity (Wildman–Crippen MR) is 70.2 cm³/mol. The summed E-state index contributed by atoms with van der Waals surface area (Å²) in [6, 6.07) is 5.91. The molecule has 0 aromatic heterocycles. The normalized spacial score (nSPS) is 23.0. The summed E-state index contributed by atoms with van der Waals surface area (Å²) in [5.41, 5.74) is 1.83. The van der Waals surface area contributed by atoms with Gasteiger partial charge in [-0.1, -0.05) is 22.0 Å². The SMILES string of the molecule is COC1CC(NC(=O)c2ccc(C)c(Br)c2)C1. The van der Waals surface area contributed by atoms with Crippen LogP contribution in [-0.2, 0) is 4.74 Å². The van der Waals surface area contributed by atoms with Crippen molar-refractivity contribution in [2.75, 3.05) is 7.11 Å². The van der Waals surface area contributed by atoms with Crippen LogP contribution >= 0.6 is 15.9 Å². The fourth-order valence-corrected chi connectivity index (χ4v) is 2.26. The highest BCUT2D eigenvalue weighted by molar-refractivity contribution is 9.10. The zero-order valence-corrected chi connectivity index (χ0v) is 11.6. The average molecular weight is 298 g/mol. The monoisotopic (exact) mass is 297 g/mol. The number of benzene rings is 1. The Morgan fingerprint density at radius 2 is 2.18 bits per heavy atom. The highest BCUT2D eigenvalue weighted by Gasteiger charge is 2.30. The predicted octanol–water partition coefficient (Wildman–Crippen LogP) is 2.66. The van der Waals surface area contributed by atoms with E-state index in [1.807, 2.05) is 25.1 Å². The van der Waals surface area contributed by atoms with Crippen LogP contribution in [0.4, 0.5) is 0 Å². The van der Waals surface area contributed by atoms with Gasteiger partial charge in [-0.25, -0.2) is 0 Å². The molecular formula is C13H16BrNO2. The van der Waals surface area contributed by atoms with E-state index >= 15 is 0 Å². The first-order chi connectivity index (χ1) is 8.10. The van der Waals surface area contributed by atoms with Gasteiger partial charge < -0.3 is 10.1 Å². The van der Waals surface area contributed by atoms with E-state index < -0.39 is 0 Å². The van der Waals surface area contributed by atoms with Gasteiger partial charge in [0, 0.05) is 23.2 Å². The molecule has 0 atom stereocenters. The lowest BCUT2D eigenvalue weighted by Crippen LogP contribution is -2.47. The molecule has 1 fully saturated rings. The molecule has 0 heterocycles. The lowest BCUT2D eigenvalue weighted by atomic mass is 9.89. The van der Waals surface area contributed by atoms with Crippen molar-refractivity contribution in [3.63, 3.8) is 0 Å². The van der Waals surface area contributed by atoms with E-state index in [1.54, 1.807) is 7.11 Å². The summed E-state index contributed by atoms with van der Waals surface area (Å²) in [5, 5.41) is 3.00. The fraction of sp³-hybridized carbons (Fsp3) is 0.462. The summed E-state index contributed by atoms with van der Waals surface area (Å²) >= 11 is 3.43. The van der Waals surface area contributed by atoms with Crippen LogP contribution in [-0.4, -0.2) is 25.2 Å². The first kappa shape index (κ1) is 12.6. The number of methoxy groups -OCH3 is 1. The molecule has 2 rings (SSSR count). The van der Waals surface area contributed by atoms with Crippen LogP contribution in [0.25, 0.3) is 0 Å². The molecule has 17 heavy (non-hydrogen) atoms. The Labute approximate surface area is 110 Å². The van der Waals surface area contributed by atoms with Gasteiger partial charge in [0.1, 0.15) is 0 Å². The summed E-state index contributed by atoms with van der Waals surface area (Å²) in [6.45, 7) is 2.00. The van der Waals surface area contributed by atoms with Crippen molar-refractivity contribution in [3.8, 4) is 0 Å². The minimum absolute atomic E-state index is 0.00902. The van der Waals surface area contributed by atoms with Crippen molar-refractivity contribution in [2.24, 2.45) is 0 Å². The third kappa shape index (κ3) is 2.87. The number of rotatable bonds is 3. The highest BCUT2D eigenvalue weighted by atomic mass is 79.9. The van der Waals surface area contributed by atoms with Gasteiger partial charge in [0.05, 0.1) is 6.10 Å². The molecule has 1 aromatic carbocycles. The first-order valence-corrected chi connectivity index (χ1v) is 6.49. The van der Waals surface area contributed by atoms with Crippen LogP contribution in [0, 0.1) is 6.92 Å². The minimum Gasteiger partial charge on any atom is -0.381 e. The minimum atomic E-state index is -0.00902. The smallest absolute Gasteiger partial charge is 0.251 e. The number of amides is 1. The van der Waals surface area contributed by atoms with Gasteiger partial charge in [-0.3, -0.25) is 4.79 Å². The number of carbonyl (C=O) groups excluding carboxylic acids is 1. The second-order valence-electron chi connectivity index (χ2n) is 4.46. The fourth-order valence-electron chi connectivity index (χ4n) is 1.88. The number of nitrogens with one attached hydrogen (secondary N) is 1. The number of hydrogen-bond acceptors (Lipinski definition) is 2. The Kier molecular flexibility index (Phi) is 3.84. The molecule has 1 N–H and O–H groups in total. The first-order valence-electron chi connectivity index (χ1n) is 5.70. The topological polar surface area (TPSA) is 38.3 Å². The Bertz CT molecular complexity index is 427. The molecule has 0 unspecified atom stereocenters. The number of aryl methyl sites for hydroxylation is 1. The second-order valence-corrected chi connectivity index (χ2v) is 5.32. The van der Waals surface area contributed by atoms with Gasteiger partial charge in [0.25, 0.3) is 5.91 Å². The van der Waals surface area contributed by atoms with Crippen molar-refractivity contribution < 1.29 is 9.53 Å². The molecule has 0 spiro atoms. The molecule has 1 aliphatic rings. The summed E-state index contributed by atoms with van der Waals surface area (Å²) in [7, 11) is 1.71. The lowest BCUT2D eigenvalue weighted by molar-refractivity contribution is 0.0176. The van der Waals surface area contributed by atoms with Crippen LogP contribution in [0.2, 0.25) is 0 Å². The molecule has 1 aliphatic carbocycles. The molecule has 1 saturated carbocycles. The van der Waals surface area contributed by atoms with Crippen LogP contribution in [0.5, 0.6) is 0 Å². The third-order valence-electron chi connectivity index (χ3n) is 3.20. The van der Waals surface area contributed by atoms with Crippen molar-refractivity contribution in [2.45, 2.75) is 31.9 Å². The van der Waals surface area contributed by atoms with Crippen LogP contribution in [0.3, 0.4) is 0 Å². The maximum absolute atomic E-state index is 11.9. The van der Waals surface area contributed by atoms with E-state index in [9.17, 15) is 4.79 Å². The van der Waals surface area contributed by atoms with Gasteiger partial charge in [0.15, 0.2) is 0 Å². The average Bonchev–Trinajstić information content (AvgIpc) is 2.26. The number of ether oxygens (including phenoxy) is 1. The molecule has 0 saturated heterocycles. The van der Waals surface area contributed by atoms with E-state index in [4.69, 9.17) is 4.74 Å². The van der Waals surface area contributed by atoms with Gasteiger partial charge >= 0.3 is 0 Å². The molecule has 1 aromatic rings. The van der Waals surface area contributed by atoms with Gasteiger partial charge in [-0.2, -0.15) is 0 Å². The van der Waals surface area contributed by atoms with Crippen molar-refractivity contribution >= 4 is 21.8 Å². The molecule has 92 valence electrons. The summed E-state index contributed by atoms with van der Waals surface area (Å²) < 4.78 is 6.15. The molecule has 0 aliphatic heterocycles. The molecule has 0 bridgehead atoms. The molecule has 4 heteroatoms. The molecule has 1 amide bonds. The lowest BCUT2D eigenvalue weighted by Gasteiger charge is -2.34. The van der Waals surface area contributed by atoms with Gasteiger partial charge in [-0.15, -0.1) is 0 Å². The summed E-state index contributed by atoms with van der Waals surface area (Å²) in [6.07, 6.45) is 2.13. The van der Waals surface area contributed by atoms with Crippen LogP contribution < -0.4 is 5.32 Å². The molecule has 0 radical (unpaired) electrons. The van der Waals surface area contributed by atoms with Crippen LogP contribution in [0.15, 0.2) is 22.7 Å². The number of hydrogen-bond donors (Lipinski definition) is 1. The maximum atomic E-state index is 11.9. The largest absolute Gasteiger partial charge is 0.381 e.